The Kier molecular flexibility index (Phi) is 3.42. The topological polar surface area (TPSA) is 27.0 Å². The van der Waals surface area contributed by atoms with Crippen LogP contribution in [0, 0.1) is 17.2 Å². The van der Waals surface area contributed by atoms with Crippen LogP contribution in [0.1, 0.15) is 44.9 Å². The van der Waals surface area contributed by atoms with Gasteiger partial charge < -0.3 is 0 Å². The van der Waals surface area contributed by atoms with E-state index >= 15 is 0 Å². The van der Waals surface area contributed by atoms with Gasteiger partial charge in [0.25, 0.3) is 0 Å². The molecule has 2 heteroatoms. The molecule has 1 heterocycles. The molecule has 0 amide bonds. The van der Waals surface area contributed by atoms with Crippen molar-refractivity contribution >= 4 is 0 Å². The second-order valence-electron chi connectivity index (χ2n) is 4.79. The van der Waals surface area contributed by atoms with Gasteiger partial charge in [-0.3, -0.25) is 4.90 Å². The standard InChI is InChI=1S/C12H20N2/c13-9-12-7-3-4-8-14(12)10-11-5-1-2-6-11/h11-12H,1-8,10H2. The third-order valence-electron chi connectivity index (χ3n) is 3.73. The smallest absolute Gasteiger partial charge is 0.0978 e. The normalized spacial score (nSPS) is 30.4. The first-order valence-corrected chi connectivity index (χ1v) is 6.04. The Morgan fingerprint density at radius 3 is 2.50 bits per heavy atom. The van der Waals surface area contributed by atoms with Crippen LogP contribution in [0.5, 0.6) is 0 Å². The molecule has 78 valence electrons. The van der Waals surface area contributed by atoms with Crippen molar-refractivity contribution in [2.24, 2.45) is 5.92 Å². The number of nitriles is 1. The van der Waals surface area contributed by atoms with E-state index in [1.807, 2.05) is 0 Å². The van der Waals surface area contributed by atoms with Gasteiger partial charge in [0.05, 0.1) is 12.1 Å². The first kappa shape index (κ1) is 9.98. The molecule has 2 nitrogen and oxygen atoms in total. The van der Waals surface area contributed by atoms with Crippen LogP contribution in [0.4, 0.5) is 0 Å². The lowest BCUT2D eigenvalue weighted by molar-refractivity contribution is 0.158. The van der Waals surface area contributed by atoms with Crippen molar-refractivity contribution in [1.29, 1.82) is 5.26 Å². The number of piperidine rings is 1. The van der Waals surface area contributed by atoms with Gasteiger partial charge in [-0.25, -0.2) is 0 Å². The maximum absolute atomic E-state index is 9.04. The first-order chi connectivity index (χ1) is 6.90. The van der Waals surface area contributed by atoms with Crippen LogP contribution in [0.3, 0.4) is 0 Å². The van der Waals surface area contributed by atoms with Crippen LogP contribution in [0.15, 0.2) is 0 Å². The van der Waals surface area contributed by atoms with Gasteiger partial charge in [0.15, 0.2) is 0 Å². The molecule has 14 heavy (non-hydrogen) atoms. The second kappa shape index (κ2) is 4.79. The zero-order valence-electron chi connectivity index (χ0n) is 8.91. The Morgan fingerprint density at radius 1 is 1.07 bits per heavy atom. The van der Waals surface area contributed by atoms with Gasteiger partial charge in [0.1, 0.15) is 0 Å². The van der Waals surface area contributed by atoms with Crippen molar-refractivity contribution in [3.05, 3.63) is 0 Å². The van der Waals surface area contributed by atoms with E-state index in [0.717, 1.165) is 18.9 Å². The van der Waals surface area contributed by atoms with Gasteiger partial charge in [0.2, 0.25) is 0 Å². The Bertz CT molecular complexity index is 213. The highest BCUT2D eigenvalue weighted by atomic mass is 15.2. The van der Waals surface area contributed by atoms with Crippen molar-refractivity contribution in [1.82, 2.24) is 4.90 Å². The fourth-order valence-electron chi connectivity index (χ4n) is 2.88. The molecule has 2 aliphatic rings. The second-order valence-corrected chi connectivity index (χ2v) is 4.79. The van der Waals surface area contributed by atoms with Crippen LogP contribution >= 0.6 is 0 Å². The fraction of sp³-hybridized carbons (Fsp3) is 0.917. The summed E-state index contributed by atoms with van der Waals surface area (Å²) in [7, 11) is 0. The summed E-state index contributed by atoms with van der Waals surface area (Å²) in [6.07, 6.45) is 9.27. The SMILES string of the molecule is N#CC1CCCCN1CC1CCCC1. The van der Waals surface area contributed by atoms with Crippen LogP contribution in [-0.2, 0) is 0 Å². The lowest BCUT2D eigenvalue weighted by atomic mass is 10.00. The van der Waals surface area contributed by atoms with Crippen LogP contribution in [0.25, 0.3) is 0 Å². The fourth-order valence-corrected chi connectivity index (χ4v) is 2.88. The maximum atomic E-state index is 9.04. The molecule has 0 N–H and O–H groups in total. The van der Waals surface area contributed by atoms with Gasteiger partial charge in [0, 0.05) is 6.54 Å². The minimum atomic E-state index is 0.226. The van der Waals surface area contributed by atoms with Gasteiger partial charge >= 0.3 is 0 Å². The minimum absolute atomic E-state index is 0.226. The third-order valence-corrected chi connectivity index (χ3v) is 3.73. The average Bonchev–Trinajstić information content (AvgIpc) is 2.71. The maximum Gasteiger partial charge on any atom is 0.0978 e. The first-order valence-electron chi connectivity index (χ1n) is 6.04. The van der Waals surface area contributed by atoms with E-state index in [1.165, 1.54) is 45.1 Å². The highest BCUT2D eigenvalue weighted by molar-refractivity contribution is 4.94. The summed E-state index contributed by atoms with van der Waals surface area (Å²) in [5, 5.41) is 9.04. The average molecular weight is 192 g/mol. The third kappa shape index (κ3) is 2.27. The summed E-state index contributed by atoms with van der Waals surface area (Å²) in [5.74, 6) is 0.893. The summed E-state index contributed by atoms with van der Waals surface area (Å²) in [6, 6.07) is 2.68. The lowest BCUT2D eigenvalue weighted by Crippen LogP contribution is -2.41. The van der Waals surface area contributed by atoms with Gasteiger partial charge in [-0.1, -0.05) is 12.8 Å². The number of nitrogens with zero attached hydrogens (tertiary/aromatic N) is 2. The number of likely N-dealkylation sites (tertiary alicyclic amines) is 1. The summed E-state index contributed by atoms with van der Waals surface area (Å²) in [4.78, 5) is 2.43. The zero-order chi connectivity index (χ0) is 9.80. The quantitative estimate of drug-likeness (QED) is 0.672. The molecule has 2 fully saturated rings. The van der Waals surface area contributed by atoms with E-state index in [-0.39, 0.29) is 6.04 Å². The van der Waals surface area contributed by atoms with Crippen molar-refractivity contribution < 1.29 is 0 Å². The molecular formula is C12H20N2. The Hall–Kier alpha value is -0.550. The number of hydrogen-bond donors (Lipinski definition) is 0. The van der Waals surface area contributed by atoms with Gasteiger partial charge in [-0.2, -0.15) is 5.26 Å². The summed E-state index contributed by atoms with van der Waals surface area (Å²) in [5.41, 5.74) is 0. The summed E-state index contributed by atoms with van der Waals surface area (Å²) < 4.78 is 0. The molecule has 0 aromatic carbocycles. The Morgan fingerprint density at radius 2 is 1.79 bits per heavy atom. The van der Waals surface area contributed by atoms with Crippen molar-refractivity contribution in [3.63, 3.8) is 0 Å². The molecule has 1 aliphatic heterocycles. The van der Waals surface area contributed by atoms with Crippen LogP contribution < -0.4 is 0 Å². The largest absolute Gasteiger partial charge is 0.288 e. The Labute approximate surface area is 86.9 Å². The monoisotopic (exact) mass is 192 g/mol. The van der Waals surface area contributed by atoms with Gasteiger partial charge in [-0.05, 0) is 44.6 Å². The summed E-state index contributed by atoms with van der Waals surface area (Å²) in [6.45, 7) is 2.35. The molecule has 1 saturated carbocycles. The van der Waals surface area contributed by atoms with E-state index in [0.29, 0.717) is 0 Å². The van der Waals surface area contributed by atoms with E-state index in [9.17, 15) is 0 Å². The van der Waals surface area contributed by atoms with Crippen LogP contribution in [0.2, 0.25) is 0 Å². The van der Waals surface area contributed by atoms with Crippen molar-refractivity contribution in [2.75, 3.05) is 13.1 Å². The van der Waals surface area contributed by atoms with Crippen molar-refractivity contribution in [3.8, 4) is 6.07 Å². The Balaban J connectivity index is 1.84. The molecule has 1 unspecified atom stereocenters. The predicted molar refractivity (Wildman–Crippen MR) is 56.8 cm³/mol. The molecular weight excluding hydrogens is 172 g/mol. The number of hydrogen-bond acceptors (Lipinski definition) is 2. The molecule has 0 radical (unpaired) electrons. The molecule has 2 rings (SSSR count). The zero-order valence-corrected chi connectivity index (χ0v) is 8.91. The van der Waals surface area contributed by atoms with Crippen LogP contribution in [-0.4, -0.2) is 24.0 Å². The lowest BCUT2D eigenvalue weighted by Gasteiger charge is -2.33. The van der Waals surface area contributed by atoms with E-state index in [1.54, 1.807) is 0 Å². The summed E-state index contributed by atoms with van der Waals surface area (Å²) >= 11 is 0. The number of rotatable bonds is 2. The van der Waals surface area contributed by atoms with E-state index in [4.69, 9.17) is 5.26 Å². The molecule has 1 saturated heterocycles. The molecule has 0 aromatic heterocycles. The molecule has 0 spiro atoms. The minimum Gasteiger partial charge on any atom is -0.288 e. The molecule has 1 atom stereocenters. The highest BCUT2D eigenvalue weighted by Crippen LogP contribution is 2.27. The van der Waals surface area contributed by atoms with E-state index in [2.05, 4.69) is 11.0 Å². The molecule has 0 bridgehead atoms. The van der Waals surface area contributed by atoms with E-state index < -0.39 is 0 Å². The predicted octanol–water partition coefficient (Wildman–Crippen LogP) is 2.55. The van der Waals surface area contributed by atoms with Crippen molar-refractivity contribution in [2.45, 2.75) is 51.0 Å². The molecule has 1 aliphatic carbocycles. The molecule has 0 aromatic rings. The highest BCUT2D eigenvalue weighted by Gasteiger charge is 2.25. The van der Waals surface area contributed by atoms with Gasteiger partial charge in [-0.15, -0.1) is 0 Å².